The molecule has 0 unspecified atom stereocenters. The second-order valence-electron chi connectivity index (χ2n) is 3.75. The van der Waals surface area contributed by atoms with E-state index < -0.39 is 0 Å². The Hall–Kier alpha value is -1.28. The topological polar surface area (TPSA) is 21.3 Å². The molecule has 0 saturated carbocycles. The van der Waals surface area contributed by atoms with Crippen molar-refractivity contribution in [2.45, 2.75) is 20.5 Å². The van der Waals surface area contributed by atoms with Crippen molar-refractivity contribution in [3.63, 3.8) is 0 Å². The van der Waals surface area contributed by atoms with Gasteiger partial charge in [-0.15, -0.1) is 0 Å². The van der Waals surface area contributed by atoms with Crippen LogP contribution >= 0.6 is 0 Å². The Bertz CT molecular complexity index is 327. The third-order valence-corrected chi connectivity index (χ3v) is 2.12. The number of benzene rings is 1. The van der Waals surface area contributed by atoms with Crippen molar-refractivity contribution in [1.29, 1.82) is 0 Å². The number of ether oxygens (including phenoxy) is 1. The highest BCUT2D eigenvalue weighted by Gasteiger charge is 1.98. The van der Waals surface area contributed by atoms with Crippen LogP contribution in [0.15, 0.2) is 35.9 Å². The Balaban J connectivity index is 2.63. The lowest BCUT2D eigenvalue weighted by Gasteiger charge is -2.09. The van der Waals surface area contributed by atoms with Crippen molar-refractivity contribution >= 4 is 5.69 Å². The third kappa shape index (κ3) is 4.17. The van der Waals surface area contributed by atoms with Crippen molar-refractivity contribution in [2.75, 3.05) is 19.0 Å². The SMILES string of the molecule is COCc1ccccc1NCC=C(C)C. The maximum Gasteiger partial charge on any atom is 0.0733 e. The van der Waals surface area contributed by atoms with Gasteiger partial charge >= 0.3 is 0 Å². The molecule has 82 valence electrons. The highest BCUT2D eigenvalue weighted by Crippen LogP contribution is 2.15. The van der Waals surface area contributed by atoms with Crippen molar-refractivity contribution in [3.05, 3.63) is 41.5 Å². The van der Waals surface area contributed by atoms with E-state index in [0.717, 1.165) is 12.2 Å². The molecular formula is C13H19NO. The zero-order chi connectivity index (χ0) is 11.1. The van der Waals surface area contributed by atoms with Gasteiger partial charge in [0.15, 0.2) is 0 Å². The molecule has 2 nitrogen and oxygen atoms in total. The summed E-state index contributed by atoms with van der Waals surface area (Å²) in [5, 5.41) is 3.37. The predicted octanol–water partition coefficient (Wildman–Crippen LogP) is 3.21. The van der Waals surface area contributed by atoms with Crippen molar-refractivity contribution in [3.8, 4) is 0 Å². The monoisotopic (exact) mass is 205 g/mol. The Kier molecular flexibility index (Phi) is 4.91. The molecule has 0 spiro atoms. The molecule has 15 heavy (non-hydrogen) atoms. The third-order valence-electron chi connectivity index (χ3n) is 2.12. The molecule has 1 aromatic carbocycles. The summed E-state index contributed by atoms with van der Waals surface area (Å²) in [6, 6.07) is 8.21. The highest BCUT2D eigenvalue weighted by atomic mass is 16.5. The van der Waals surface area contributed by atoms with Crippen LogP contribution in [0.1, 0.15) is 19.4 Å². The Morgan fingerprint density at radius 2 is 2.07 bits per heavy atom. The first kappa shape index (κ1) is 11.8. The summed E-state index contributed by atoms with van der Waals surface area (Å²) in [5.41, 5.74) is 3.67. The lowest BCUT2D eigenvalue weighted by atomic mass is 10.2. The normalized spacial score (nSPS) is 9.80. The first-order valence-electron chi connectivity index (χ1n) is 5.18. The van der Waals surface area contributed by atoms with Crippen molar-refractivity contribution in [1.82, 2.24) is 0 Å². The quantitative estimate of drug-likeness (QED) is 0.745. The average Bonchev–Trinajstić information content (AvgIpc) is 2.20. The van der Waals surface area contributed by atoms with Gasteiger partial charge in [0.25, 0.3) is 0 Å². The Labute approximate surface area is 92.0 Å². The van der Waals surface area contributed by atoms with E-state index in [-0.39, 0.29) is 0 Å². The standard InChI is InChI=1S/C13H19NO/c1-11(2)8-9-14-13-7-5-4-6-12(13)10-15-3/h4-8,14H,9-10H2,1-3H3. The zero-order valence-corrected chi connectivity index (χ0v) is 9.71. The molecule has 1 aromatic rings. The summed E-state index contributed by atoms with van der Waals surface area (Å²) in [5.74, 6) is 0. The van der Waals surface area contributed by atoms with Gasteiger partial charge in [-0.2, -0.15) is 0 Å². The van der Waals surface area contributed by atoms with E-state index in [1.165, 1.54) is 11.1 Å². The molecule has 0 aliphatic carbocycles. The number of rotatable bonds is 5. The second kappa shape index (κ2) is 6.25. The molecule has 0 bridgehead atoms. The van der Waals surface area contributed by atoms with Crippen LogP contribution in [0.2, 0.25) is 0 Å². The Morgan fingerprint density at radius 1 is 1.33 bits per heavy atom. The summed E-state index contributed by atoms with van der Waals surface area (Å²) >= 11 is 0. The summed E-state index contributed by atoms with van der Waals surface area (Å²) in [6.07, 6.45) is 2.17. The van der Waals surface area contributed by atoms with Crippen LogP contribution in [0.3, 0.4) is 0 Å². The van der Waals surface area contributed by atoms with Crippen molar-refractivity contribution in [2.24, 2.45) is 0 Å². The van der Waals surface area contributed by atoms with E-state index in [2.05, 4.69) is 37.4 Å². The lowest BCUT2D eigenvalue weighted by Crippen LogP contribution is -2.02. The molecule has 0 aliphatic heterocycles. The average molecular weight is 205 g/mol. The number of hydrogen-bond donors (Lipinski definition) is 1. The lowest BCUT2D eigenvalue weighted by molar-refractivity contribution is 0.185. The fraction of sp³-hybridized carbons (Fsp3) is 0.385. The molecule has 1 N–H and O–H groups in total. The van der Waals surface area contributed by atoms with Crippen molar-refractivity contribution < 1.29 is 4.74 Å². The summed E-state index contributed by atoms with van der Waals surface area (Å²) in [4.78, 5) is 0. The second-order valence-corrected chi connectivity index (χ2v) is 3.75. The predicted molar refractivity (Wildman–Crippen MR) is 65.1 cm³/mol. The van der Waals surface area contributed by atoms with Crippen LogP contribution in [0.5, 0.6) is 0 Å². The van der Waals surface area contributed by atoms with Gasteiger partial charge in [-0.3, -0.25) is 0 Å². The summed E-state index contributed by atoms with van der Waals surface area (Å²) in [6.45, 7) is 5.71. The first-order chi connectivity index (χ1) is 7.24. The molecule has 0 amide bonds. The number of methoxy groups -OCH3 is 1. The van der Waals surface area contributed by atoms with Gasteiger partial charge in [0, 0.05) is 24.9 Å². The van der Waals surface area contributed by atoms with Crippen LogP contribution < -0.4 is 5.32 Å². The summed E-state index contributed by atoms with van der Waals surface area (Å²) < 4.78 is 5.14. The van der Waals surface area contributed by atoms with Gasteiger partial charge in [0.2, 0.25) is 0 Å². The van der Waals surface area contributed by atoms with Crippen LogP contribution in [0.4, 0.5) is 5.69 Å². The highest BCUT2D eigenvalue weighted by molar-refractivity contribution is 5.51. The molecule has 1 rings (SSSR count). The molecule has 0 atom stereocenters. The maximum atomic E-state index is 5.14. The fourth-order valence-corrected chi connectivity index (χ4v) is 1.34. The number of anilines is 1. The number of nitrogens with one attached hydrogen (secondary N) is 1. The van der Waals surface area contributed by atoms with Gasteiger partial charge < -0.3 is 10.1 Å². The van der Waals surface area contributed by atoms with Crippen LogP contribution in [0.25, 0.3) is 0 Å². The zero-order valence-electron chi connectivity index (χ0n) is 9.71. The fourth-order valence-electron chi connectivity index (χ4n) is 1.34. The molecule has 0 saturated heterocycles. The van der Waals surface area contributed by atoms with E-state index in [1.54, 1.807) is 7.11 Å². The van der Waals surface area contributed by atoms with Crippen LogP contribution in [-0.2, 0) is 11.3 Å². The van der Waals surface area contributed by atoms with Crippen LogP contribution in [-0.4, -0.2) is 13.7 Å². The van der Waals surface area contributed by atoms with Gasteiger partial charge in [-0.1, -0.05) is 29.8 Å². The van der Waals surface area contributed by atoms with Crippen LogP contribution in [0, 0.1) is 0 Å². The number of allylic oxidation sites excluding steroid dienone is 1. The smallest absolute Gasteiger partial charge is 0.0733 e. The first-order valence-corrected chi connectivity index (χ1v) is 5.18. The number of para-hydroxylation sites is 1. The Morgan fingerprint density at radius 3 is 2.73 bits per heavy atom. The minimum absolute atomic E-state index is 0.651. The molecule has 0 aliphatic rings. The molecule has 0 heterocycles. The molecule has 2 heteroatoms. The van der Waals surface area contributed by atoms with E-state index >= 15 is 0 Å². The largest absolute Gasteiger partial charge is 0.381 e. The van der Waals surface area contributed by atoms with E-state index in [1.807, 2.05) is 12.1 Å². The molecule has 0 aromatic heterocycles. The van der Waals surface area contributed by atoms with Gasteiger partial charge in [0.05, 0.1) is 6.61 Å². The van der Waals surface area contributed by atoms with Gasteiger partial charge in [-0.05, 0) is 19.9 Å². The summed E-state index contributed by atoms with van der Waals surface area (Å²) in [7, 11) is 1.72. The van der Waals surface area contributed by atoms with E-state index in [0.29, 0.717) is 6.61 Å². The molecule has 0 radical (unpaired) electrons. The van der Waals surface area contributed by atoms with Gasteiger partial charge in [-0.25, -0.2) is 0 Å². The minimum Gasteiger partial charge on any atom is -0.381 e. The molecule has 0 fully saturated rings. The molecular weight excluding hydrogens is 186 g/mol. The minimum atomic E-state index is 0.651. The number of hydrogen-bond acceptors (Lipinski definition) is 2. The van der Waals surface area contributed by atoms with E-state index in [9.17, 15) is 0 Å². The van der Waals surface area contributed by atoms with E-state index in [4.69, 9.17) is 4.74 Å². The maximum absolute atomic E-state index is 5.14. The van der Waals surface area contributed by atoms with Gasteiger partial charge in [0.1, 0.15) is 0 Å².